The number of carbonyl (C=O) groups is 1. The quantitative estimate of drug-likeness (QED) is 0.657. The van der Waals surface area contributed by atoms with Crippen molar-refractivity contribution >= 4 is 43.2 Å². The van der Waals surface area contributed by atoms with Gasteiger partial charge in [0, 0.05) is 10.2 Å². The van der Waals surface area contributed by atoms with Gasteiger partial charge in [0.15, 0.2) is 6.17 Å². The number of alkyl halides is 3. The fraction of sp³-hybridized carbons (Fsp3) is 0.133. The largest absolute Gasteiger partial charge is 0.416 e. The Morgan fingerprint density at radius 1 is 1.12 bits per heavy atom. The van der Waals surface area contributed by atoms with Gasteiger partial charge in [0.05, 0.1) is 11.3 Å². The molecule has 11 heteroatoms. The van der Waals surface area contributed by atoms with Gasteiger partial charge in [-0.2, -0.15) is 17.9 Å². The summed E-state index contributed by atoms with van der Waals surface area (Å²) in [7, 11) is -4.15. The topological polar surface area (TPSA) is 87.3 Å². The molecule has 1 atom stereocenters. The van der Waals surface area contributed by atoms with Gasteiger partial charge in [-0.25, -0.2) is 8.42 Å². The Morgan fingerprint density at radius 2 is 1.77 bits per heavy atom. The minimum absolute atomic E-state index is 0.297. The number of sulfonamides is 1. The van der Waals surface area contributed by atoms with Gasteiger partial charge < -0.3 is 10.6 Å². The SMILES string of the molecule is O=C(Nc1ccc(Br)cc1)[C@H]1Nc2cc(C(F)(F)F)ccc2S(=O)(=O)N1. The minimum Gasteiger partial charge on any atom is -0.360 e. The Morgan fingerprint density at radius 3 is 2.38 bits per heavy atom. The molecule has 1 aliphatic heterocycles. The van der Waals surface area contributed by atoms with E-state index in [2.05, 4.69) is 31.3 Å². The summed E-state index contributed by atoms with van der Waals surface area (Å²) in [4.78, 5) is 11.9. The number of amides is 1. The molecule has 0 saturated carbocycles. The summed E-state index contributed by atoms with van der Waals surface area (Å²) in [6.07, 6.45) is -6.10. The van der Waals surface area contributed by atoms with Crippen molar-refractivity contribution in [3.63, 3.8) is 0 Å². The highest BCUT2D eigenvalue weighted by Crippen LogP contribution is 2.35. The molecule has 3 N–H and O–H groups in total. The van der Waals surface area contributed by atoms with Crippen LogP contribution < -0.4 is 15.4 Å². The first-order valence-corrected chi connectivity index (χ1v) is 9.40. The molecule has 2 aromatic rings. The predicted molar refractivity (Wildman–Crippen MR) is 91.9 cm³/mol. The molecule has 1 aliphatic rings. The van der Waals surface area contributed by atoms with E-state index in [9.17, 15) is 26.4 Å². The second kappa shape index (κ2) is 6.56. The molecule has 0 aliphatic carbocycles. The number of carbonyl (C=O) groups excluding carboxylic acids is 1. The van der Waals surface area contributed by atoms with Crippen LogP contribution in [0.2, 0.25) is 0 Å². The third-order valence-corrected chi connectivity index (χ3v) is 5.55. The summed E-state index contributed by atoms with van der Waals surface area (Å²) in [6.45, 7) is 0. The molecule has 0 bridgehead atoms. The van der Waals surface area contributed by atoms with E-state index in [-0.39, 0.29) is 10.6 Å². The molecule has 0 aromatic heterocycles. The first kappa shape index (κ1) is 18.7. The van der Waals surface area contributed by atoms with Crippen LogP contribution in [0.1, 0.15) is 5.56 Å². The molecule has 0 saturated heterocycles. The molecule has 0 radical (unpaired) electrons. The summed E-state index contributed by atoms with van der Waals surface area (Å²) in [5.41, 5.74) is -0.920. The van der Waals surface area contributed by atoms with Crippen molar-refractivity contribution in [2.45, 2.75) is 17.2 Å². The third-order valence-electron chi connectivity index (χ3n) is 3.54. The van der Waals surface area contributed by atoms with Crippen LogP contribution in [-0.4, -0.2) is 20.5 Å². The molecule has 26 heavy (non-hydrogen) atoms. The zero-order chi connectivity index (χ0) is 19.1. The molecule has 138 valence electrons. The van der Waals surface area contributed by atoms with Gasteiger partial charge in [-0.3, -0.25) is 4.79 Å². The van der Waals surface area contributed by atoms with Gasteiger partial charge in [0.2, 0.25) is 10.0 Å². The average molecular weight is 450 g/mol. The van der Waals surface area contributed by atoms with E-state index in [1.54, 1.807) is 24.3 Å². The van der Waals surface area contributed by atoms with Gasteiger partial charge in [-0.15, -0.1) is 0 Å². The highest BCUT2D eigenvalue weighted by molar-refractivity contribution is 9.10. The van der Waals surface area contributed by atoms with Crippen LogP contribution in [0.4, 0.5) is 24.5 Å². The average Bonchev–Trinajstić information content (AvgIpc) is 2.55. The molecule has 6 nitrogen and oxygen atoms in total. The van der Waals surface area contributed by atoms with E-state index in [1.165, 1.54) is 0 Å². The molecular weight excluding hydrogens is 439 g/mol. The minimum atomic E-state index is -4.64. The second-order valence-electron chi connectivity index (χ2n) is 5.40. The van der Waals surface area contributed by atoms with Gasteiger partial charge in [-0.1, -0.05) is 15.9 Å². The Hall–Kier alpha value is -2.11. The van der Waals surface area contributed by atoms with Crippen LogP contribution in [0.25, 0.3) is 0 Å². The van der Waals surface area contributed by atoms with Crippen molar-refractivity contribution in [3.8, 4) is 0 Å². The number of fused-ring (bicyclic) bond motifs is 1. The lowest BCUT2D eigenvalue weighted by Crippen LogP contribution is -2.51. The van der Waals surface area contributed by atoms with E-state index in [4.69, 9.17) is 0 Å². The van der Waals surface area contributed by atoms with Crippen molar-refractivity contribution in [2.24, 2.45) is 0 Å². The zero-order valence-electron chi connectivity index (χ0n) is 12.8. The number of hydrogen-bond acceptors (Lipinski definition) is 4. The predicted octanol–water partition coefficient (Wildman–Crippen LogP) is 3.14. The molecule has 2 aromatic carbocycles. The third kappa shape index (κ3) is 3.84. The maximum atomic E-state index is 12.9. The molecule has 1 heterocycles. The normalized spacial score (nSPS) is 18.5. The number of rotatable bonds is 2. The van der Waals surface area contributed by atoms with E-state index < -0.39 is 33.8 Å². The number of benzene rings is 2. The van der Waals surface area contributed by atoms with Crippen LogP contribution in [-0.2, 0) is 21.0 Å². The van der Waals surface area contributed by atoms with Crippen molar-refractivity contribution in [1.29, 1.82) is 0 Å². The monoisotopic (exact) mass is 449 g/mol. The number of nitrogens with one attached hydrogen (secondary N) is 3. The highest BCUT2D eigenvalue weighted by Gasteiger charge is 2.37. The van der Waals surface area contributed by atoms with Crippen molar-refractivity contribution < 1.29 is 26.4 Å². The summed E-state index contributed by atoms with van der Waals surface area (Å²) in [6, 6.07) is 8.66. The Kier molecular flexibility index (Phi) is 4.71. The fourth-order valence-corrected chi connectivity index (χ4v) is 3.85. The molecule has 0 fully saturated rings. The van der Waals surface area contributed by atoms with Crippen LogP contribution >= 0.6 is 15.9 Å². The van der Waals surface area contributed by atoms with E-state index >= 15 is 0 Å². The summed E-state index contributed by atoms with van der Waals surface area (Å²) in [5, 5.41) is 4.97. The molecule has 0 unspecified atom stereocenters. The van der Waals surface area contributed by atoms with Crippen LogP contribution in [0.15, 0.2) is 51.8 Å². The maximum absolute atomic E-state index is 12.9. The fourth-order valence-electron chi connectivity index (χ4n) is 2.32. The van der Waals surface area contributed by atoms with Gasteiger partial charge in [-0.05, 0) is 42.5 Å². The first-order chi connectivity index (χ1) is 12.1. The Labute approximate surface area is 155 Å². The Balaban J connectivity index is 1.88. The number of anilines is 2. The molecule has 1 amide bonds. The zero-order valence-corrected chi connectivity index (χ0v) is 15.2. The smallest absolute Gasteiger partial charge is 0.360 e. The van der Waals surface area contributed by atoms with E-state index in [1.807, 2.05) is 0 Å². The van der Waals surface area contributed by atoms with Gasteiger partial charge in [0.1, 0.15) is 4.90 Å². The Bertz CT molecular complexity index is 962. The van der Waals surface area contributed by atoms with Crippen LogP contribution in [0, 0.1) is 0 Å². The lowest BCUT2D eigenvalue weighted by Gasteiger charge is -2.27. The van der Waals surface area contributed by atoms with Crippen LogP contribution in [0.3, 0.4) is 0 Å². The summed E-state index contributed by atoms with van der Waals surface area (Å²) < 4.78 is 65.9. The molecule has 0 spiro atoms. The number of halogens is 4. The van der Waals surface area contributed by atoms with E-state index in [0.29, 0.717) is 17.8 Å². The summed E-state index contributed by atoms with van der Waals surface area (Å²) >= 11 is 3.24. The first-order valence-electron chi connectivity index (χ1n) is 7.13. The maximum Gasteiger partial charge on any atom is 0.416 e. The lowest BCUT2D eigenvalue weighted by molar-refractivity contribution is -0.137. The standard InChI is InChI=1S/C15H11BrF3N3O3S/c16-9-2-4-10(5-3-9)20-14(23)13-21-11-7-8(15(17,18)19)1-6-12(11)26(24,25)22-13/h1-7,13,21-22H,(H,20,23)/t13-/m0/s1. The lowest BCUT2D eigenvalue weighted by atomic mass is 10.2. The summed E-state index contributed by atoms with van der Waals surface area (Å²) in [5.74, 6) is -0.765. The van der Waals surface area contributed by atoms with E-state index in [0.717, 1.165) is 10.5 Å². The van der Waals surface area contributed by atoms with Gasteiger partial charge >= 0.3 is 6.18 Å². The van der Waals surface area contributed by atoms with Gasteiger partial charge in [0.25, 0.3) is 5.91 Å². The van der Waals surface area contributed by atoms with Crippen LogP contribution in [0.5, 0.6) is 0 Å². The van der Waals surface area contributed by atoms with Crippen molar-refractivity contribution in [3.05, 3.63) is 52.5 Å². The number of hydrogen-bond donors (Lipinski definition) is 3. The second-order valence-corrected chi connectivity index (χ2v) is 8.00. The van der Waals surface area contributed by atoms with Crippen molar-refractivity contribution in [1.82, 2.24) is 4.72 Å². The molecule has 3 rings (SSSR count). The molecular formula is C15H11BrF3N3O3S. The van der Waals surface area contributed by atoms with Crippen molar-refractivity contribution in [2.75, 3.05) is 10.6 Å². The highest BCUT2D eigenvalue weighted by atomic mass is 79.9.